The SMILES string of the molecule is CCC1CCC(C(C)Cl)C1. The van der Waals surface area contributed by atoms with E-state index in [-0.39, 0.29) is 0 Å². The Labute approximate surface area is 69.0 Å². The van der Waals surface area contributed by atoms with Crippen molar-refractivity contribution in [3.05, 3.63) is 0 Å². The summed E-state index contributed by atoms with van der Waals surface area (Å²) in [6.07, 6.45) is 5.50. The van der Waals surface area contributed by atoms with Gasteiger partial charge in [0.05, 0.1) is 0 Å². The second-order valence-electron chi connectivity index (χ2n) is 3.52. The van der Waals surface area contributed by atoms with Crippen LogP contribution in [-0.4, -0.2) is 5.38 Å². The summed E-state index contributed by atoms with van der Waals surface area (Å²) < 4.78 is 0. The highest BCUT2D eigenvalue weighted by Gasteiger charge is 2.26. The maximum Gasteiger partial charge on any atom is 0.0336 e. The first-order chi connectivity index (χ1) is 4.74. The Hall–Kier alpha value is 0.290. The van der Waals surface area contributed by atoms with Crippen LogP contribution in [0.5, 0.6) is 0 Å². The van der Waals surface area contributed by atoms with Gasteiger partial charge in [0.25, 0.3) is 0 Å². The Balaban J connectivity index is 2.28. The van der Waals surface area contributed by atoms with Crippen LogP contribution < -0.4 is 0 Å². The van der Waals surface area contributed by atoms with E-state index < -0.39 is 0 Å². The first kappa shape index (κ1) is 8.39. The van der Waals surface area contributed by atoms with Crippen molar-refractivity contribution in [2.75, 3.05) is 0 Å². The van der Waals surface area contributed by atoms with Crippen molar-refractivity contribution in [2.24, 2.45) is 11.8 Å². The van der Waals surface area contributed by atoms with E-state index >= 15 is 0 Å². The average Bonchev–Trinajstić information content (AvgIpc) is 2.34. The minimum atomic E-state index is 0.400. The normalized spacial score (nSPS) is 36.3. The minimum Gasteiger partial charge on any atom is -0.123 e. The van der Waals surface area contributed by atoms with Crippen LogP contribution in [0.3, 0.4) is 0 Å². The third-order valence-corrected chi connectivity index (χ3v) is 3.17. The molecule has 0 radical (unpaired) electrons. The third-order valence-electron chi connectivity index (χ3n) is 2.81. The lowest BCUT2D eigenvalue weighted by molar-refractivity contribution is 0.475. The van der Waals surface area contributed by atoms with E-state index in [0.717, 1.165) is 11.8 Å². The maximum absolute atomic E-state index is 6.01. The summed E-state index contributed by atoms with van der Waals surface area (Å²) in [4.78, 5) is 0. The molecule has 0 N–H and O–H groups in total. The molecule has 0 amide bonds. The zero-order valence-corrected chi connectivity index (χ0v) is 7.69. The number of rotatable bonds is 2. The molecule has 60 valence electrons. The molecule has 1 fully saturated rings. The second-order valence-corrected chi connectivity index (χ2v) is 4.21. The predicted octanol–water partition coefficient (Wildman–Crippen LogP) is 3.44. The Kier molecular flexibility index (Phi) is 3.03. The first-order valence-corrected chi connectivity index (χ1v) is 4.81. The van der Waals surface area contributed by atoms with E-state index in [1.54, 1.807) is 0 Å². The highest BCUT2D eigenvalue weighted by Crippen LogP contribution is 2.36. The van der Waals surface area contributed by atoms with Gasteiger partial charge in [-0.25, -0.2) is 0 Å². The second kappa shape index (κ2) is 3.61. The lowest BCUT2D eigenvalue weighted by Crippen LogP contribution is -2.06. The maximum atomic E-state index is 6.01. The van der Waals surface area contributed by atoms with Gasteiger partial charge in [0, 0.05) is 5.38 Å². The Morgan fingerprint density at radius 3 is 2.50 bits per heavy atom. The Bertz CT molecular complexity index is 98.9. The van der Waals surface area contributed by atoms with Gasteiger partial charge in [0.2, 0.25) is 0 Å². The summed E-state index contributed by atoms with van der Waals surface area (Å²) in [6.45, 7) is 4.41. The molecule has 0 aromatic carbocycles. The fourth-order valence-corrected chi connectivity index (χ4v) is 2.13. The van der Waals surface area contributed by atoms with E-state index in [9.17, 15) is 0 Å². The summed E-state index contributed by atoms with van der Waals surface area (Å²) in [5.41, 5.74) is 0. The van der Waals surface area contributed by atoms with E-state index in [4.69, 9.17) is 11.6 Å². The molecule has 0 aromatic rings. The summed E-state index contributed by atoms with van der Waals surface area (Å²) in [5.74, 6) is 1.79. The molecule has 0 spiro atoms. The lowest BCUT2D eigenvalue weighted by atomic mass is 10.0. The Morgan fingerprint density at radius 2 is 2.20 bits per heavy atom. The number of hydrogen-bond donors (Lipinski definition) is 0. The van der Waals surface area contributed by atoms with Crippen molar-refractivity contribution in [3.8, 4) is 0 Å². The molecule has 0 bridgehead atoms. The molecule has 1 aliphatic rings. The van der Waals surface area contributed by atoms with Crippen molar-refractivity contribution >= 4 is 11.6 Å². The van der Waals surface area contributed by atoms with Crippen molar-refractivity contribution < 1.29 is 0 Å². The summed E-state index contributed by atoms with van der Waals surface area (Å²) in [6, 6.07) is 0. The van der Waals surface area contributed by atoms with Crippen LogP contribution in [0.4, 0.5) is 0 Å². The summed E-state index contributed by atoms with van der Waals surface area (Å²) in [7, 11) is 0. The van der Waals surface area contributed by atoms with Crippen molar-refractivity contribution in [2.45, 2.75) is 44.9 Å². The standard InChI is InChI=1S/C9H17Cl/c1-3-8-4-5-9(6-8)7(2)10/h7-9H,3-6H2,1-2H3. The molecular formula is C9H17Cl. The van der Waals surface area contributed by atoms with Gasteiger partial charge in [-0.15, -0.1) is 11.6 Å². The monoisotopic (exact) mass is 160 g/mol. The van der Waals surface area contributed by atoms with Gasteiger partial charge >= 0.3 is 0 Å². The molecule has 10 heavy (non-hydrogen) atoms. The smallest absolute Gasteiger partial charge is 0.0336 e. The van der Waals surface area contributed by atoms with Gasteiger partial charge in [-0.3, -0.25) is 0 Å². The highest BCUT2D eigenvalue weighted by molar-refractivity contribution is 6.20. The zero-order chi connectivity index (χ0) is 7.56. The van der Waals surface area contributed by atoms with E-state index in [1.165, 1.54) is 25.7 Å². The van der Waals surface area contributed by atoms with E-state index in [2.05, 4.69) is 13.8 Å². The van der Waals surface area contributed by atoms with Gasteiger partial charge in [-0.2, -0.15) is 0 Å². The van der Waals surface area contributed by atoms with Crippen molar-refractivity contribution in [3.63, 3.8) is 0 Å². The number of hydrogen-bond acceptors (Lipinski definition) is 0. The predicted molar refractivity (Wildman–Crippen MR) is 46.4 cm³/mol. The molecule has 0 saturated heterocycles. The fourth-order valence-electron chi connectivity index (χ4n) is 1.90. The van der Waals surface area contributed by atoms with Crippen LogP contribution in [0, 0.1) is 11.8 Å². The van der Waals surface area contributed by atoms with Crippen LogP contribution in [0.25, 0.3) is 0 Å². The molecule has 0 aromatic heterocycles. The largest absolute Gasteiger partial charge is 0.123 e. The number of alkyl halides is 1. The quantitative estimate of drug-likeness (QED) is 0.543. The van der Waals surface area contributed by atoms with Crippen molar-refractivity contribution in [1.29, 1.82) is 0 Å². The lowest BCUT2D eigenvalue weighted by Gasteiger charge is -2.11. The number of halogens is 1. The molecule has 0 heterocycles. The molecule has 3 unspecified atom stereocenters. The zero-order valence-electron chi connectivity index (χ0n) is 6.94. The average molecular weight is 161 g/mol. The van der Waals surface area contributed by atoms with E-state index in [1.807, 2.05) is 0 Å². The van der Waals surface area contributed by atoms with Gasteiger partial charge in [0.1, 0.15) is 0 Å². The Morgan fingerprint density at radius 1 is 1.50 bits per heavy atom. The van der Waals surface area contributed by atoms with Crippen LogP contribution in [-0.2, 0) is 0 Å². The molecule has 0 nitrogen and oxygen atoms in total. The van der Waals surface area contributed by atoms with Crippen LogP contribution in [0.2, 0.25) is 0 Å². The topological polar surface area (TPSA) is 0 Å². The summed E-state index contributed by atoms with van der Waals surface area (Å²) in [5, 5.41) is 0.400. The molecule has 3 atom stereocenters. The van der Waals surface area contributed by atoms with Crippen LogP contribution in [0.1, 0.15) is 39.5 Å². The fraction of sp³-hybridized carbons (Fsp3) is 1.00. The molecule has 0 aliphatic heterocycles. The van der Waals surface area contributed by atoms with Gasteiger partial charge in [-0.1, -0.05) is 19.8 Å². The van der Waals surface area contributed by atoms with Gasteiger partial charge in [-0.05, 0) is 31.6 Å². The van der Waals surface area contributed by atoms with Crippen LogP contribution >= 0.6 is 11.6 Å². The molecular weight excluding hydrogens is 144 g/mol. The third kappa shape index (κ3) is 1.88. The van der Waals surface area contributed by atoms with Gasteiger partial charge < -0.3 is 0 Å². The first-order valence-electron chi connectivity index (χ1n) is 4.38. The molecule has 1 heteroatoms. The molecule has 1 aliphatic carbocycles. The summed E-state index contributed by atoms with van der Waals surface area (Å²) >= 11 is 6.01. The molecule has 1 saturated carbocycles. The van der Waals surface area contributed by atoms with Crippen LogP contribution in [0.15, 0.2) is 0 Å². The highest BCUT2D eigenvalue weighted by atomic mass is 35.5. The van der Waals surface area contributed by atoms with E-state index in [0.29, 0.717) is 5.38 Å². The minimum absolute atomic E-state index is 0.400. The molecule has 1 rings (SSSR count). The van der Waals surface area contributed by atoms with Crippen molar-refractivity contribution in [1.82, 2.24) is 0 Å². The van der Waals surface area contributed by atoms with Gasteiger partial charge in [0.15, 0.2) is 0 Å².